The Bertz CT molecular complexity index is 1060. The first-order valence-electron chi connectivity index (χ1n) is 14.1. The number of nitrogens with one attached hydrogen (secondary N) is 1. The highest BCUT2D eigenvalue weighted by atomic mass is 16.5. The fraction of sp³-hybridized carbons (Fsp3) is 0.677. The van der Waals surface area contributed by atoms with Gasteiger partial charge in [0.2, 0.25) is 5.88 Å². The number of rotatable bonds is 7. The summed E-state index contributed by atoms with van der Waals surface area (Å²) in [5.41, 5.74) is 5.00. The molecule has 0 unspecified atom stereocenters. The highest BCUT2D eigenvalue weighted by molar-refractivity contribution is 5.97. The minimum Gasteiger partial charge on any atom is -0.477 e. The molecular formula is C31H47N3O2. The van der Waals surface area contributed by atoms with Crippen molar-refractivity contribution in [1.82, 2.24) is 14.9 Å². The number of carbonyl (C=O) groups excluding carboxylic acids is 1. The van der Waals surface area contributed by atoms with Crippen LogP contribution >= 0.6 is 0 Å². The van der Waals surface area contributed by atoms with E-state index < -0.39 is 0 Å². The third-order valence-electron chi connectivity index (χ3n) is 7.74. The van der Waals surface area contributed by atoms with Gasteiger partial charge in [0.05, 0.1) is 17.9 Å². The Balaban J connectivity index is 1.76. The molecule has 2 aliphatic carbocycles. The number of nitrogens with zero attached hydrogens (tertiary/aromatic N) is 2. The fourth-order valence-electron chi connectivity index (χ4n) is 5.19. The van der Waals surface area contributed by atoms with E-state index in [9.17, 15) is 4.79 Å². The van der Waals surface area contributed by atoms with Crippen LogP contribution in [0.1, 0.15) is 115 Å². The van der Waals surface area contributed by atoms with Crippen LogP contribution in [0.3, 0.4) is 0 Å². The van der Waals surface area contributed by atoms with Crippen molar-refractivity contribution >= 4 is 5.91 Å². The maximum absolute atomic E-state index is 13.3. The summed E-state index contributed by atoms with van der Waals surface area (Å²) in [6.45, 7) is 16.8. The zero-order chi connectivity index (χ0) is 26.1. The quantitative estimate of drug-likeness (QED) is 0.436. The molecule has 36 heavy (non-hydrogen) atoms. The molecule has 0 saturated heterocycles. The van der Waals surface area contributed by atoms with Crippen LogP contribution in [0.5, 0.6) is 5.88 Å². The van der Waals surface area contributed by atoms with E-state index in [1.807, 2.05) is 0 Å². The van der Waals surface area contributed by atoms with E-state index in [4.69, 9.17) is 9.72 Å². The van der Waals surface area contributed by atoms with Gasteiger partial charge in [-0.05, 0) is 62.5 Å². The summed E-state index contributed by atoms with van der Waals surface area (Å²) in [5, 5.41) is 3.26. The van der Waals surface area contributed by atoms with Crippen molar-refractivity contribution < 1.29 is 9.53 Å². The lowest BCUT2D eigenvalue weighted by Crippen LogP contribution is -2.39. The second-order valence-corrected chi connectivity index (χ2v) is 13.4. The first-order chi connectivity index (χ1) is 16.9. The van der Waals surface area contributed by atoms with Crippen molar-refractivity contribution in [2.45, 2.75) is 118 Å². The molecule has 198 valence electrons. The number of hydrogen-bond acceptors (Lipinski definition) is 3. The van der Waals surface area contributed by atoms with E-state index in [1.165, 1.54) is 38.5 Å². The monoisotopic (exact) mass is 493 g/mol. The molecule has 0 radical (unpaired) electrons. The predicted molar refractivity (Wildman–Crippen MR) is 148 cm³/mol. The molecule has 0 aliphatic heterocycles. The van der Waals surface area contributed by atoms with Crippen LogP contribution in [0, 0.1) is 18.3 Å². The zero-order valence-electron chi connectivity index (χ0n) is 23.7. The Morgan fingerprint density at radius 2 is 1.69 bits per heavy atom. The summed E-state index contributed by atoms with van der Waals surface area (Å²) >= 11 is 0. The molecule has 0 bridgehead atoms. The Morgan fingerprint density at radius 3 is 2.28 bits per heavy atom. The van der Waals surface area contributed by atoms with Gasteiger partial charge in [0.25, 0.3) is 5.91 Å². The fourth-order valence-corrected chi connectivity index (χ4v) is 5.19. The number of carbonyl (C=O) groups is 1. The smallest absolute Gasteiger partial charge is 0.253 e. The third kappa shape index (κ3) is 6.52. The van der Waals surface area contributed by atoms with Crippen LogP contribution in [-0.4, -0.2) is 28.1 Å². The van der Waals surface area contributed by atoms with Crippen LogP contribution in [0.25, 0.3) is 11.3 Å². The lowest BCUT2D eigenvalue weighted by Gasteiger charge is -2.26. The maximum Gasteiger partial charge on any atom is 0.253 e. The molecule has 1 amide bonds. The van der Waals surface area contributed by atoms with Gasteiger partial charge in [0, 0.05) is 41.0 Å². The second-order valence-electron chi connectivity index (χ2n) is 13.4. The van der Waals surface area contributed by atoms with Gasteiger partial charge in [-0.3, -0.25) is 4.79 Å². The SMILES string of the molecule is Cc1c(C(=O)NC2CCC2)cc(-c2cc(OCC(C)(C)C)nc(C(C)(C)C)c2)n1CC1CCCCC1. The highest BCUT2D eigenvalue weighted by Crippen LogP contribution is 2.35. The summed E-state index contributed by atoms with van der Waals surface area (Å²) in [5.74, 6) is 1.39. The summed E-state index contributed by atoms with van der Waals surface area (Å²) in [6.07, 6.45) is 9.89. The Labute approximate surface area is 218 Å². The normalized spacial score (nSPS) is 17.6. The largest absolute Gasteiger partial charge is 0.477 e. The van der Waals surface area contributed by atoms with Crippen LogP contribution in [-0.2, 0) is 12.0 Å². The van der Waals surface area contributed by atoms with E-state index >= 15 is 0 Å². The maximum atomic E-state index is 13.3. The van der Waals surface area contributed by atoms with Crippen molar-refractivity contribution in [3.63, 3.8) is 0 Å². The molecule has 5 nitrogen and oxygen atoms in total. The van der Waals surface area contributed by atoms with E-state index in [2.05, 4.69) is 76.5 Å². The average molecular weight is 494 g/mol. The molecule has 2 heterocycles. The standard InChI is InChI=1S/C31H47N3O2/c1-21-25(29(35)32-24-14-11-15-24)18-26(34(21)19-22-12-9-8-10-13-22)23-16-27(31(5,6)7)33-28(17-23)36-20-30(2,3)4/h16-18,22,24H,8-15,19-20H2,1-7H3,(H,32,35). The minimum absolute atomic E-state index is 0.0458. The lowest BCUT2D eigenvalue weighted by molar-refractivity contribution is 0.0916. The van der Waals surface area contributed by atoms with Gasteiger partial charge in [-0.25, -0.2) is 4.98 Å². The van der Waals surface area contributed by atoms with Crippen molar-refractivity contribution in [3.05, 3.63) is 35.2 Å². The van der Waals surface area contributed by atoms with Crippen molar-refractivity contribution in [2.75, 3.05) is 6.61 Å². The molecule has 0 spiro atoms. The van der Waals surface area contributed by atoms with Gasteiger partial charge in [-0.15, -0.1) is 0 Å². The third-order valence-corrected chi connectivity index (χ3v) is 7.74. The molecule has 2 aliphatic rings. The number of amides is 1. The van der Waals surface area contributed by atoms with Gasteiger partial charge in [0.15, 0.2) is 0 Å². The van der Waals surface area contributed by atoms with Crippen LogP contribution in [0.15, 0.2) is 18.2 Å². The molecule has 2 fully saturated rings. The molecule has 1 N–H and O–H groups in total. The Kier molecular flexibility index (Phi) is 7.87. The van der Waals surface area contributed by atoms with E-state index in [1.54, 1.807) is 0 Å². The molecule has 2 aromatic rings. The minimum atomic E-state index is -0.115. The van der Waals surface area contributed by atoms with Gasteiger partial charge in [-0.1, -0.05) is 60.8 Å². The van der Waals surface area contributed by atoms with E-state index in [-0.39, 0.29) is 16.7 Å². The van der Waals surface area contributed by atoms with Gasteiger partial charge in [-0.2, -0.15) is 0 Å². The van der Waals surface area contributed by atoms with Crippen molar-refractivity contribution in [1.29, 1.82) is 0 Å². The molecule has 0 atom stereocenters. The molecule has 2 aromatic heterocycles. The number of hydrogen-bond donors (Lipinski definition) is 1. The summed E-state index contributed by atoms with van der Waals surface area (Å²) < 4.78 is 8.62. The average Bonchev–Trinajstić information content (AvgIpc) is 3.10. The molecule has 2 saturated carbocycles. The topological polar surface area (TPSA) is 56.1 Å². The first kappa shape index (κ1) is 26.8. The summed E-state index contributed by atoms with van der Waals surface area (Å²) in [6, 6.07) is 6.71. The zero-order valence-corrected chi connectivity index (χ0v) is 23.7. The molecule has 4 rings (SSSR count). The molecule has 0 aromatic carbocycles. The predicted octanol–water partition coefficient (Wildman–Crippen LogP) is 7.44. The number of ether oxygens (including phenoxy) is 1. The second kappa shape index (κ2) is 10.6. The van der Waals surface area contributed by atoms with Crippen molar-refractivity contribution in [3.8, 4) is 17.1 Å². The first-order valence-corrected chi connectivity index (χ1v) is 14.1. The number of pyridine rings is 1. The van der Waals surface area contributed by atoms with E-state index in [0.29, 0.717) is 24.4 Å². The van der Waals surface area contributed by atoms with Crippen LogP contribution < -0.4 is 10.1 Å². The Hall–Kier alpha value is -2.30. The molecule has 5 heteroatoms. The van der Waals surface area contributed by atoms with Crippen LogP contribution in [0.4, 0.5) is 0 Å². The van der Waals surface area contributed by atoms with Gasteiger partial charge < -0.3 is 14.6 Å². The van der Waals surface area contributed by atoms with Gasteiger partial charge in [0.1, 0.15) is 0 Å². The molecular weight excluding hydrogens is 446 g/mol. The van der Waals surface area contributed by atoms with E-state index in [0.717, 1.165) is 47.6 Å². The summed E-state index contributed by atoms with van der Waals surface area (Å²) in [7, 11) is 0. The van der Waals surface area contributed by atoms with Gasteiger partial charge >= 0.3 is 0 Å². The Morgan fingerprint density at radius 1 is 1.00 bits per heavy atom. The highest BCUT2D eigenvalue weighted by Gasteiger charge is 2.27. The lowest BCUT2D eigenvalue weighted by atomic mass is 9.89. The van der Waals surface area contributed by atoms with Crippen molar-refractivity contribution in [2.24, 2.45) is 11.3 Å². The summed E-state index contributed by atoms with van der Waals surface area (Å²) in [4.78, 5) is 18.2. The van der Waals surface area contributed by atoms with Crippen LogP contribution in [0.2, 0.25) is 0 Å². The number of aromatic nitrogens is 2.